The standard InChI is InChI=1S/C20H26ClNO2/c1-3-5-13-22-14-17-7-6-8-19(23-4-2)20(17)24-15-16-9-11-18(21)12-10-16/h6-12,22H,3-5,13-15H2,1-2H3. The summed E-state index contributed by atoms with van der Waals surface area (Å²) < 4.78 is 11.8. The van der Waals surface area contributed by atoms with Gasteiger partial charge in [0, 0.05) is 17.1 Å². The molecule has 0 heterocycles. The molecule has 3 nitrogen and oxygen atoms in total. The van der Waals surface area contributed by atoms with E-state index in [1.54, 1.807) is 0 Å². The van der Waals surface area contributed by atoms with Crippen molar-refractivity contribution in [2.24, 2.45) is 0 Å². The minimum absolute atomic E-state index is 0.489. The number of unbranched alkanes of at least 4 members (excludes halogenated alkanes) is 1. The van der Waals surface area contributed by atoms with Crippen molar-refractivity contribution in [2.75, 3.05) is 13.2 Å². The van der Waals surface area contributed by atoms with Gasteiger partial charge in [0.15, 0.2) is 11.5 Å². The van der Waals surface area contributed by atoms with Crippen molar-refractivity contribution in [3.63, 3.8) is 0 Å². The molecule has 0 fully saturated rings. The maximum atomic E-state index is 6.10. The first-order chi connectivity index (χ1) is 11.7. The third kappa shape index (κ3) is 5.73. The third-order valence-electron chi connectivity index (χ3n) is 3.68. The highest BCUT2D eigenvalue weighted by atomic mass is 35.5. The fourth-order valence-corrected chi connectivity index (χ4v) is 2.52. The van der Waals surface area contributed by atoms with Gasteiger partial charge < -0.3 is 14.8 Å². The van der Waals surface area contributed by atoms with Crippen molar-refractivity contribution < 1.29 is 9.47 Å². The number of ether oxygens (including phenoxy) is 2. The quantitative estimate of drug-likeness (QED) is 0.598. The summed E-state index contributed by atoms with van der Waals surface area (Å²) in [4.78, 5) is 0. The van der Waals surface area contributed by atoms with Gasteiger partial charge in [0.2, 0.25) is 0 Å². The Morgan fingerprint density at radius 1 is 1.00 bits per heavy atom. The summed E-state index contributed by atoms with van der Waals surface area (Å²) in [5, 5.41) is 4.20. The molecule has 0 amide bonds. The summed E-state index contributed by atoms with van der Waals surface area (Å²) in [6, 6.07) is 13.8. The number of para-hydroxylation sites is 1. The van der Waals surface area contributed by atoms with Crippen LogP contribution in [0, 0.1) is 0 Å². The Kier molecular flexibility index (Phi) is 7.93. The summed E-state index contributed by atoms with van der Waals surface area (Å²) in [6.07, 6.45) is 2.36. The zero-order chi connectivity index (χ0) is 17.2. The zero-order valence-corrected chi connectivity index (χ0v) is 15.2. The largest absolute Gasteiger partial charge is 0.490 e. The molecule has 130 valence electrons. The van der Waals surface area contributed by atoms with Crippen molar-refractivity contribution in [3.8, 4) is 11.5 Å². The Balaban J connectivity index is 2.09. The number of benzene rings is 2. The molecule has 24 heavy (non-hydrogen) atoms. The number of nitrogens with one attached hydrogen (secondary N) is 1. The predicted octanol–water partition coefficient (Wildman–Crippen LogP) is 5.21. The van der Waals surface area contributed by atoms with Crippen LogP contribution >= 0.6 is 11.6 Å². The highest BCUT2D eigenvalue weighted by molar-refractivity contribution is 6.30. The van der Waals surface area contributed by atoms with Crippen LogP contribution < -0.4 is 14.8 Å². The maximum Gasteiger partial charge on any atom is 0.166 e. The minimum atomic E-state index is 0.489. The molecule has 0 aliphatic heterocycles. The molecule has 2 aromatic rings. The van der Waals surface area contributed by atoms with E-state index in [1.165, 1.54) is 12.8 Å². The van der Waals surface area contributed by atoms with Crippen LogP contribution in [-0.2, 0) is 13.2 Å². The lowest BCUT2D eigenvalue weighted by atomic mass is 10.1. The smallest absolute Gasteiger partial charge is 0.166 e. The van der Waals surface area contributed by atoms with Crippen LogP contribution in [-0.4, -0.2) is 13.2 Å². The van der Waals surface area contributed by atoms with Gasteiger partial charge in [-0.15, -0.1) is 0 Å². The molecular formula is C20H26ClNO2. The van der Waals surface area contributed by atoms with Crippen molar-refractivity contribution in [1.29, 1.82) is 0 Å². The molecule has 0 radical (unpaired) electrons. The highest BCUT2D eigenvalue weighted by Crippen LogP contribution is 2.32. The lowest BCUT2D eigenvalue weighted by Crippen LogP contribution is -2.15. The summed E-state index contributed by atoms with van der Waals surface area (Å²) in [6.45, 7) is 7.06. The zero-order valence-electron chi connectivity index (χ0n) is 14.5. The van der Waals surface area contributed by atoms with Gasteiger partial charge in [0.1, 0.15) is 6.61 Å². The fraction of sp³-hybridized carbons (Fsp3) is 0.400. The molecule has 0 aromatic heterocycles. The first-order valence-corrected chi connectivity index (χ1v) is 8.95. The molecule has 0 aliphatic rings. The summed E-state index contributed by atoms with van der Waals surface area (Å²) in [5.41, 5.74) is 2.20. The second kappa shape index (κ2) is 10.2. The molecule has 4 heteroatoms. The molecule has 0 bridgehead atoms. The van der Waals surface area contributed by atoms with Crippen molar-refractivity contribution in [1.82, 2.24) is 5.32 Å². The first-order valence-electron chi connectivity index (χ1n) is 8.57. The monoisotopic (exact) mass is 347 g/mol. The topological polar surface area (TPSA) is 30.5 Å². The first kappa shape index (κ1) is 18.6. The molecule has 0 aliphatic carbocycles. The normalized spacial score (nSPS) is 10.6. The van der Waals surface area contributed by atoms with Crippen LogP contribution in [0.2, 0.25) is 5.02 Å². The summed E-state index contributed by atoms with van der Waals surface area (Å²) >= 11 is 5.93. The van der Waals surface area contributed by atoms with Crippen LogP contribution in [0.5, 0.6) is 11.5 Å². The average molecular weight is 348 g/mol. The maximum absolute atomic E-state index is 6.10. The van der Waals surface area contributed by atoms with Crippen molar-refractivity contribution >= 4 is 11.6 Å². The second-order valence-electron chi connectivity index (χ2n) is 5.62. The Bertz CT molecular complexity index is 614. The molecule has 0 spiro atoms. The van der Waals surface area contributed by atoms with E-state index in [2.05, 4.69) is 18.3 Å². The number of rotatable bonds is 10. The fourth-order valence-electron chi connectivity index (χ4n) is 2.39. The summed E-state index contributed by atoms with van der Waals surface area (Å²) in [5.74, 6) is 1.61. The van der Waals surface area contributed by atoms with Crippen LogP contribution in [0.25, 0.3) is 0 Å². The highest BCUT2D eigenvalue weighted by Gasteiger charge is 2.11. The second-order valence-corrected chi connectivity index (χ2v) is 6.06. The van der Waals surface area contributed by atoms with Gasteiger partial charge in [-0.05, 0) is 43.7 Å². The minimum Gasteiger partial charge on any atom is -0.490 e. The Morgan fingerprint density at radius 3 is 2.50 bits per heavy atom. The van der Waals surface area contributed by atoms with Crippen LogP contribution in [0.1, 0.15) is 37.8 Å². The van der Waals surface area contributed by atoms with Crippen LogP contribution in [0.3, 0.4) is 0 Å². The van der Waals surface area contributed by atoms with Gasteiger partial charge in [0.25, 0.3) is 0 Å². The predicted molar refractivity (Wildman–Crippen MR) is 100 cm³/mol. The van der Waals surface area contributed by atoms with Gasteiger partial charge >= 0.3 is 0 Å². The van der Waals surface area contributed by atoms with E-state index in [0.717, 1.165) is 40.7 Å². The lowest BCUT2D eigenvalue weighted by molar-refractivity contribution is 0.266. The molecule has 2 rings (SSSR count). The molecule has 0 saturated heterocycles. The van der Waals surface area contributed by atoms with Gasteiger partial charge in [0.05, 0.1) is 6.61 Å². The third-order valence-corrected chi connectivity index (χ3v) is 3.93. The molecular weight excluding hydrogens is 322 g/mol. The average Bonchev–Trinajstić information content (AvgIpc) is 2.60. The molecule has 0 unspecified atom stereocenters. The van der Waals surface area contributed by atoms with E-state index in [1.807, 2.05) is 43.3 Å². The number of halogens is 1. The van der Waals surface area contributed by atoms with E-state index in [9.17, 15) is 0 Å². The SMILES string of the molecule is CCCCNCc1cccc(OCC)c1OCc1ccc(Cl)cc1. The van der Waals surface area contributed by atoms with Crippen molar-refractivity contribution in [3.05, 3.63) is 58.6 Å². The Morgan fingerprint density at radius 2 is 1.79 bits per heavy atom. The van der Waals surface area contributed by atoms with Crippen LogP contribution in [0.15, 0.2) is 42.5 Å². The Hall–Kier alpha value is -1.71. The van der Waals surface area contributed by atoms with Gasteiger partial charge in [-0.1, -0.05) is 49.2 Å². The van der Waals surface area contributed by atoms with Crippen LogP contribution in [0.4, 0.5) is 0 Å². The van der Waals surface area contributed by atoms with Gasteiger partial charge in [-0.3, -0.25) is 0 Å². The molecule has 0 saturated carbocycles. The van der Waals surface area contributed by atoms with Gasteiger partial charge in [-0.2, -0.15) is 0 Å². The number of hydrogen-bond acceptors (Lipinski definition) is 3. The molecule has 1 N–H and O–H groups in total. The summed E-state index contributed by atoms with van der Waals surface area (Å²) in [7, 11) is 0. The number of hydrogen-bond donors (Lipinski definition) is 1. The van der Waals surface area contributed by atoms with E-state index in [4.69, 9.17) is 21.1 Å². The van der Waals surface area contributed by atoms with E-state index in [0.29, 0.717) is 13.2 Å². The van der Waals surface area contributed by atoms with Gasteiger partial charge in [-0.25, -0.2) is 0 Å². The van der Waals surface area contributed by atoms with E-state index >= 15 is 0 Å². The molecule has 0 atom stereocenters. The molecule has 2 aromatic carbocycles. The van der Waals surface area contributed by atoms with E-state index < -0.39 is 0 Å². The lowest BCUT2D eigenvalue weighted by Gasteiger charge is -2.16. The van der Waals surface area contributed by atoms with Crippen molar-refractivity contribution in [2.45, 2.75) is 39.8 Å². The van der Waals surface area contributed by atoms with E-state index in [-0.39, 0.29) is 0 Å². The Labute approximate surface area is 149 Å².